The number of carbonyl (C=O) groups excluding carboxylic acids is 1. The van der Waals surface area contributed by atoms with Crippen LogP contribution in [0, 0.1) is 5.92 Å². The van der Waals surface area contributed by atoms with Gasteiger partial charge in [-0.1, -0.05) is 12.1 Å². The molecule has 2 rings (SSSR count). The molecule has 0 aromatic heterocycles. The zero-order chi connectivity index (χ0) is 19.2. The van der Waals surface area contributed by atoms with Crippen LogP contribution < -0.4 is 14.4 Å². The Morgan fingerprint density at radius 2 is 1.96 bits per heavy atom. The smallest absolute Gasteiger partial charge is 0.232 e. The number of amides is 1. The van der Waals surface area contributed by atoms with E-state index in [1.165, 1.54) is 4.31 Å². The molecule has 1 amide bonds. The summed E-state index contributed by atoms with van der Waals surface area (Å²) >= 11 is 0. The van der Waals surface area contributed by atoms with Crippen molar-refractivity contribution in [3.63, 3.8) is 0 Å². The van der Waals surface area contributed by atoms with Gasteiger partial charge in [0.2, 0.25) is 15.9 Å². The predicted octanol–water partition coefficient (Wildman–Crippen LogP) is 1.78. The lowest BCUT2D eigenvalue weighted by molar-refractivity contribution is -0.127. The van der Waals surface area contributed by atoms with E-state index in [9.17, 15) is 13.2 Å². The molecule has 1 aromatic rings. The Hall–Kier alpha value is -1.80. The fraction of sp³-hybridized carbons (Fsp3) is 0.611. The lowest BCUT2D eigenvalue weighted by Crippen LogP contribution is -2.41. The molecule has 1 heterocycles. The second-order valence-electron chi connectivity index (χ2n) is 6.65. The van der Waals surface area contributed by atoms with E-state index >= 15 is 0 Å². The number of ether oxygens (including phenoxy) is 2. The van der Waals surface area contributed by atoms with Crippen LogP contribution in [0.3, 0.4) is 0 Å². The molecule has 7 nitrogen and oxygen atoms in total. The molecule has 1 fully saturated rings. The van der Waals surface area contributed by atoms with Gasteiger partial charge in [0.25, 0.3) is 0 Å². The molecule has 0 atom stereocenters. The highest BCUT2D eigenvalue weighted by Gasteiger charge is 2.24. The molecular formula is C18H28N2O5S. The lowest BCUT2D eigenvalue weighted by atomic mass is 9.99. The fourth-order valence-corrected chi connectivity index (χ4v) is 3.80. The monoisotopic (exact) mass is 384 g/mol. The van der Waals surface area contributed by atoms with Crippen LogP contribution in [0.5, 0.6) is 5.75 Å². The van der Waals surface area contributed by atoms with Crippen LogP contribution in [0.2, 0.25) is 0 Å². The van der Waals surface area contributed by atoms with Crippen molar-refractivity contribution in [2.24, 2.45) is 5.92 Å². The summed E-state index contributed by atoms with van der Waals surface area (Å²) in [7, 11) is -3.52. The zero-order valence-electron chi connectivity index (χ0n) is 15.6. The Balaban J connectivity index is 2.06. The number of nitrogens with zero attached hydrogens (tertiary/aromatic N) is 1. The Kier molecular flexibility index (Phi) is 7.28. The molecule has 1 saturated heterocycles. The average molecular weight is 384 g/mol. The Morgan fingerprint density at radius 3 is 2.58 bits per heavy atom. The predicted molar refractivity (Wildman–Crippen MR) is 101 cm³/mol. The summed E-state index contributed by atoms with van der Waals surface area (Å²) in [5.41, 5.74) is 0.476. The van der Waals surface area contributed by atoms with Gasteiger partial charge in [-0.2, -0.15) is 0 Å². The standard InChI is InChI=1S/C18H28N2O5S/c1-14(2)25-17-7-5-4-6-16(17)20(26(3,22)23)11-10-19-18(21)15-8-12-24-13-9-15/h4-7,14-15H,8-13H2,1-3H3,(H,19,21). The Bertz CT molecular complexity index is 699. The van der Waals surface area contributed by atoms with E-state index in [0.29, 0.717) is 37.5 Å². The van der Waals surface area contributed by atoms with Crippen molar-refractivity contribution >= 4 is 21.6 Å². The van der Waals surface area contributed by atoms with Crippen molar-refractivity contribution in [3.05, 3.63) is 24.3 Å². The van der Waals surface area contributed by atoms with E-state index in [0.717, 1.165) is 6.26 Å². The van der Waals surface area contributed by atoms with Gasteiger partial charge in [-0.25, -0.2) is 8.42 Å². The number of hydrogen-bond donors (Lipinski definition) is 1. The normalized spacial score (nSPS) is 15.7. The summed E-state index contributed by atoms with van der Waals surface area (Å²) in [6.45, 7) is 5.33. The topological polar surface area (TPSA) is 84.9 Å². The van der Waals surface area contributed by atoms with Gasteiger partial charge in [0.1, 0.15) is 5.75 Å². The molecule has 146 valence electrons. The van der Waals surface area contributed by atoms with Crippen molar-refractivity contribution in [1.29, 1.82) is 0 Å². The molecule has 26 heavy (non-hydrogen) atoms. The molecule has 0 aliphatic carbocycles. The molecule has 1 aromatic carbocycles. The minimum atomic E-state index is -3.52. The highest BCUT2D eigenvalue weighted by atomic mass is 32.2. The van der Waals surface area contributed by atoms with E-state index in [-0.39, 0.29) is 31.0 Å². The second-order valence-corrected chi connectivity index (χ2v) is 8.55. The van der Waals surface area contributed by atoms with Crippen LogP contribution in [-0.2, 0) is 19.6 Å². The Labute approximate surface area is 155 Å². The summed E-state index contributed by atoms with van der Waals surface area (Å²) in [5, 5.41) is 2.84. The maximum absolute atomic E-state index is 12.3. The number of hydrogen-bond acceptors (Lipinski definition) is 5. The summed E-state index contributed by atoms with van der Waals surface area (Å²) in [6, 6.07) is 7.02. The van der Waals surface area contributed by atoms with Gasteiger partial charge in [0.05, 0.1) is 24.6 Å². The van der Waals surface area contributed by atoms with Crippen molar-refractivity contribution in [2.75, 3.05) is 36.9 Å². The highest BCUT2D eigenvalue weighted by Crippen LogP contribution is 2.30. The van der Waals surface area contributed by atoms with E-state index in [4.69, 9.17) is 9.47 Å². The first-order valence-corrected chi connectivity index (χ1v) is 10.7. The third-order valence-corrected chi connectivity index (χ3v) is 5.28. The maximum atomic E-state index is 12.3. The van der Waals surface area contributed by atoms with Gasteiger partial charge in [-0.05, 0) is 38.8 Å². The van der Waals surface area contributed by atoms with E-state index in [1.54, 1.807) is 24.3 Å². The minimum absolute atomic E-state index is 0.0477. The summed E-state index contributed by atoms with van der Waals surface area (Å²) < 4.78 is 36.8. The first-order valence-electron chi connectivity index (χ1n) is 8.88. The van der Waals surface area contributed by atoms with Crippen LogP contribution in [0.25, 0.3) is 0 Å². The van der Waals surface area contributed by atoms with Crippen LogP contribution in [0.15, 0.2) is 24.3 Å². The summed E-state index contributed by atoms with van der Waals surface area (Å²) in [4.78, 5) is 12.2. The SMILES string of the molecule is CC(C)Oc1ccccc1N(CCNC(=O)C1CCOCC1)S(C)(=O)=O. The number of para-hydroxylation sites is 2. The van der Waals surface area contributed by atoms with E-state index < -0.39 is 10.0 Å². The highest BCUT2D eigenvalue weighted by molar-refractivity contribution is 7.92. The Morgan fingerprint density at radius 1 is 1.31 bits per heavy atom. The molecule has 0 radical (unpaired) electrons. The number of rotatable bonds is 8. The molecule has 1 aliphatic heterocycles. The second kappa shape index (κ2) is 9.23. The number of benzene rings is 1. The van der Waals surface area contributed by atoms with E-state index in [1.807, 2.05) is 13.8 Å². The van der Waals surface area contributed by atoms with Gasteiger partial charge >= 0.3 is 0 Å². The molecule has 1 N–H and O–H groups in total. The van der Waals surface area contributed by atoms with Gasteiger partial charge in [-0.15, -0.1) is 0 Å². The van der Waals surface area contributed by atoms with Gasteiger partial charge < -0.3 is 14.8 Å². The van der Waals surface area contributed by atoms with Crippen LogP contribution in [0.1, 0.15) is 26.7 Å². The first kappa shape index (κ1) is 20.5. The van der Waals surface area contributed by atoms with Gasteiger partial charge in [0, 0.05) is 25.7 Å². The van der Waals surface area contributed by atoms with Crippen LogP contribution >= 0.6 is 0 Å². The quantitative estimate of drug-likeness (QED) is 0.739. The van der Waals surface area contributed by atoms with Crippen molar-refractivity contribution in [2.45, 2.75) is 32.8 Å². The fourth-order valence-electron chi connectivity index (χ4n) is 2.87. The van der Waals surface area contributed by atoms with Crippen LogP contribution in [0.4, 0.5) is 5.69 Å². The maximum Gasteiger partial charge on any atom is 0.232 e. The van der Waals surface area contributed by atoms with Crippen LogP contribution in [-0.4, -0.2) is 53.0 Å². The summed E-state index contributed by atoms with van der Waals surface area (Å²) in [5.74, 6) is 0.393. The third-order valence-electron chi connectivity index (χ3n) is 4.10. The lowest BCUT2D eigenvalue weighted by Gasteiger charge is -2.26. The van der Waals surface area contributed by atoms with Gasteiger partial charge in [-0.3, -0.25) is 9.10 Å². The van der Waals surface area contributed by atoms with Crippen molar-refractivity contribution < 1.29 is 22.7 Å². The average Bonchev–Trinajstić information content (AvgIpc) is 2.58. The largest absolute Gasteiger partial charge is 0.489 e. The third kappa shape index (κ3) is 5.88. The molecule has 0 unspecified atom stereocenters. The van der Waals surface area contributed by atoms with Gasteiger partial charge in [0.15, 0.2) is 0 Å². The van der Waals surface area contributed by atoms with E-state index in [2.05, 4.69) is 5.32 Å². The first-order chi connectivity index (χ1) is 12.3. The van der Waals surface area contributed by atoms with Crippen molar-refractivity contribution in [1.82, 2.24) is 5.32 Å². The molecule has 8 heteroatoms. The molecule has 0 saturated carbocycles. The zero-order valence-corrected chi connectivity index (χ0v) is 16.4. The van der Waals surface area contributed by atoms with Crippen molar-refractivity contribution in [3.8, 4) is 5.75 Å². The minimum Gasteiger partial charge on any atom is -0.489 e. The number of carbonyl (C=O) groups is 1. The number of nitrogens with one attached hydrogen (secondary N) is 1. The molecule has 0 bridgehead atoms. The molecular weight excluding hydrogens is 356 g/mol. The summed E-state index contributed by atoms with van der Waals surface area (Å²) in [6.07, 6.45) is 2.48. The number of anilines is 1. The molecule has 1 aliphatic rings. The molecule has 0 spiro atoms. The number of sulfonamides is 1.